The van der Waals surface area contributed by atoms with Crippen molar-refractivity contribution in [2.24, 2.45) is 0 Å². The summed E-state index contributed by atoms with van der Waals surface area (Å²) >= 11 is 0. The molecule has 0 atom stereocenters. The highest BCUT2D eigenvalue weighted by Crippen LogP contribution is 2.28. The molecule has 0 radical (unpaired) electrons. The molecule has 10 nitrogen and oxygen atoms in total. The molecule has 33 heavy (non-hydrogen) atoms. The van der Waals surface area contributed by atoms with Crippen LogP contribution in [-0.4, -0.2) is 114 Å². The highest BCUT2D eigenvalue weighted by Gasteiger charge is 2.19. The summed E-state index contributed by atoms with van der Waals surface area (Å²) < 4.78 is 47.3. The van der Waals surface area contributed by atoms with Crippen LogP contribution in [0.25, 0.3) is 0 Å². The Labute approximate surface area is 192 Å². The highest BCUT2D eigenvalue weighted by molar-refractivity contribution is 5.78. The SMILES string of the molecule is O=C1COc2ccc(F)cc2OCC(=O)N2CCOCCOCCN1CCOCCOCC2. The molecule has 1 aromatic rings. The minimum absolute atomic E-state index is 0.0454. The van der Waals surface area contributed by atoms with Crippen molar-refractivity contribution in [3.63, 3.8) is 0 Å². The third-order valence-corrected chi connectivity index (χ3v) is 5.08. The molecule has 0 saturated carbocycles. The maximum Gasteiger partial charge on any atom is 0.260 e. The largest absolute Gasteiger partial charge is 0.480 e. The van der Waals surface area contributed by atoms with Crippen molar-refractivity contribution < 1.29 is 42.4 Å². The van der Waals surface area contributed by atoms with Gasteiger partial charge in [0.2, 0.25) is 0 Å². The van der Waals surface area contributed by atoms with Crippen LogP contribution in [-0.2, 0) is 28.5 Å². The second-order valence-corrected chi connectivity index (χ2v) is 7.38. The second-order valence-electron chi connectivity index (χ2n) is 7.38. The summed E-state index contributed by atoms with van der Waals surface area (Å²) in [5.74, 6) is -0.923. The summed E-state index contributed by atoms with van der Waals surface area (Å²) in [7, 11) is 0. The Bertz CT molecular complexity index is 746. The molecule has 0 aliphatic carbocycles. The van der Waals surface area contributed by atoms with Crippen LogP contribution in [0.3, 0.4) is 0 Å². The van der Waals surface area contributed by atoms with Crippen LogP contribution in [0.1, 0.15) is 0 Å². The Morgan fingerprint density at radius 2 is 1.03 bits per heavy atom. The molecule has 11 heteroatoms. The van der Waals surface area contributed by atoms with Crippen molar-refractivity contribution in [3.05, 3.63) is 24.0 Å². The molecule has 3 aliphatic rings. The molecule has 0 unspecified atom stereocenters. The molecule has 4 rings (SSSR count). The Balaban J connectivity index is 1.81. The first-order valence-corrected chi connectivity index (χ1v) is 11.0. The number of amides is 2. The van der Waals surface area contributed by atoms with E-state index in [0.717, 1.165) is 6.07 Å². The van der Waals surface area contributed by atoms with E-state index in [1.807, 2.05) is 0 Å². The first kappa shape index (κ1) is 25.2. The third-order valence-electron chi connectivity index (χ3n) is 5.08. The summed E-state index contributed by atoms with van der Waals surface area (Å²) in [4.78, 5) is 28.7. The molecule has 184 valence electrons. The van der Waals surface area contributed by atoms with E-state index in [-0.39, 0.29) is 36.5 Å². The van der Waals surface area contributed by atoms with E-state index < -0.39 is 5.82 Å². The van der Waals surface area contributed by atoms with Crippen LogP contribution in [0.5, 0.6) is 11.5 Å². The van der Waals surface area contributed by atoms with E-state index in [9.17, 15) is 14.0 Å². The fourth-order valence-electron chi connectivity index (χ4n) is 3.24. The van der Waals surface area contributed by atoms with E-state index in [4.69, 9.17) is 28.4 Å². The van der Waals surface area contributed by atoms with Crippen molar-refractivity contribution in [2.45, 2.75) is 0 Å². The predicted octanol–water partition coefficient (Wildman–Crippen LogP) is 0.334. The van der Waals surface area contributed by atoms with Crippen molar-refractivity contribution in [1.82, 2.24) is 9.80 Å². The van der Waals surface area contributed by atoms with Crippen molar-refractivity contribution in [2.75, 3.05) is 92.2 Å². The standard InChI is InChI=1S/C22H31FN2O8/c23-18-1-2-19-20(15-18)33-17-22(27)25-5-9-30-13-11-28-7-3-24(21(26)16-32-19)4-8-29-12-14-31-10-6-25/h1-2,15H,3-14,16-17H2. The molecule has 3 aliphatic heterocycles. The topological polar surface area (TPSA) is 96.0 Å². The van der Waals surface area contributed by atoms with Gasteiger partial charge in [0.1, 0.15) is 5.82 Å². The molecule has 3 heterocycles. The average Bonchev–Trinajstić information content (AvgIpc) is 2.81. The number of nitrogens with zero attached hydrogens (tertiary/aromatic N) is 2. The first-order chi connectivity index (χ1) is 16.1. The molecular formula is C22H31FN2O8. The van der Waals surface area contributed by atoms with E-state index in [2.05, 4.69) is 0 Å². The fourth-order valence-corrected chi connectivity index (χ4v) is 3.24. The number of carbonyl (C=O) groups excluding carboxylic acids is 2. The van der Waals surface area contributed by atoms with Gasteiger partial charge in [0.25, 0.3) is 11.8 Å². The Morgan fingerprint density at radius 3 is 1.48 bits per heavy atom. The number of ether oxygens (including phenoxy) is 6. The number of halogens is 1. The van der Waals surface area contributed by atoms with Gasteiger partial charge in [0.15, 0.2) is 24.7 Å². The third kappa shape index (κ3) is 8.77. The maximum atomic E-state index is 13.8. The first-order valence-electron chi connectivity index (χ1n) is 11.0. The minimum atomic E-state index is -0.546. The van der Waals surface area contributed by atoms with Crippen LogP contribution in [0.4, 0.5) is 4.39 Å². The molecule has 1 aromatic carbocycles. The van der Waals surface area contributed by atoms with Crippen LogP contribution in [0.2, 0.25) is 0 Å². The van der Waals surface area contributed by atoms with E-state index in [1.165, 1.54) is 12.1 Å². The lowest BCUT2D eigenvalue weighted by Crippen LogP contribution is -2.41. The summed E-state index contributed by atoms with van der Waals surface area (Å²) in [5, 5.41) is 0. The lowest BCUT2D eigenvalue weighted by Gasteiger charge is -2.25. The van der Waals surface area contributed by atoms with Crippen LogP contribution < -0.4 is 9.47 Å². The van der Waals surface area contributed by atoms with Crippen molar-refractivity contribution in [1.29, 1.82) is 0 Å². The van der Waals surface area contributed by atoms with Gasteiger partial charge in [-0.2, -0.15) is 0 Å². The van der Waals surface area contributed by atoms with Crippen LogP contribution >= 0.6 is 0 Å². The monoisotopic (exact) mass is 470 g/mol. The summed E-state index contributed by atoms with van der Waals surface area (Å²) in [6, 6.07) is 3.70. The van der Waals surface area contributed by atoms with Gasteiger partial charge in [-0.25, -0.2) is 4.39 Å². The zero-order valence-electron chi connectivity index (χ0n) is 18.7. The number of benzene rings is 1. The number of fused-ring (bicyclic) bond motifs is 18. The average molecular weight is 470 g/mol. The molecule has 2 bridgehead atoms. The van der Waals surface area contributed by atoms with Gasteiger partial charge in [-0.3, -0.25) is 9.59 Å². The van der Waals surface area contributed by atoms with Crippen LogP contribution in [0.15, 0.2) is 18.2 Å². The molecule has 0 spiro atoms. The smallest absolute Gasteiger partial charge is 0.260 e. The van der Waals surface area contributed by atoms with Crippen molar-refractivity contribution >= 4 is 11.8 Å². The minimum Gasteiger partial charge on any atom is -0.480 e. The quantitative estimate of drug-likeness (QED) is 0.536. The molecule has 1 saturated heterocycles. The number of rotatable bonds is 0. The summed E-state index contributed by atoms with van der Waals surface area (Å²) in [5.41, 5.74) is 0. The number of hydrogen-bond donors (Lipinski definition) is 0. The molecule has 0 aromatic heterocycles. The maximum absolute atomic E-state index is 13.8. The van der Waals surface area contributed by atoms with Gasteiger partial charge in [0, 0.05) is 32.2 Å². The van der Waals surface area contributed by atoms with Gasteiger partial charge in [-0.05, 0) is 12.1 Å². The Hall–Kier alpha value is -2.47. The lowest BCUT2D eigenvalue weighted by molar-refractivity contribution is -0.137. The van der Waals surface area contributed by atoms with E-state index >= 15 is 0 Å². The van der Waals surface area contributed by atoms with Gasteiger partial charge < -0.3 is 38.2 Å². The fraction of sp³-hybridized carbons (Fsp3) is 0.636. The van der Waals surface area contributed by atoms with Gasteiger partial charge in [-0.1, -0.05) is 0 Å². The molecular weight excluding hydrogens is 439 g/mol. The Morgan fingerprint density at radius 1 is 0.606 bits per heavy atom. The van der Waals surface area contributed by atoms with E-state index in [0.29, 0.717) is 79.0 Å². The zero-order chi connectivity index (χ0) is 23.3. The van der Waals surface area contributed by atoms with Gasteiger partial charge in [0.05, 0.1) is 52.9 Å². The molecule has 0 N–H and O–H groups in total. The number of hydrogen-bond acceptors (Lipinski definition) is 8. The van der Waals surface area contributed by atoms with Crippen LogP contribution in [0, 0.1) is 5.82 Å². The van der Waals surface area contributed by atoms with E-state index in [1.54, 1.807) is 9.80 Å². The lowest BCUT2D eigenvalue weighted by atomic mass is 10.3. The summed E-state index contributed by atoms with van der Waals surface area (Å²) in [6.45, 7) is 3.55. The Kier molecular flexibility index (Phi) is 10.6. The normalized spacial score (nSPS) is 21.0. The molecule has 1 fully saturated rings. The summed E-state index contributed by atoms with van der Waals surface area (Å²) in [6.07, 6.45) is 0. The zero-order valence-corrected chi connectivity index (χ0v) is 18.7. The number of carbonyl (C=O) groups is 2. The van der Waals surface area contributed by atoms with Gasteiger partial charge in [-0.15, -0.1) is 0 Å². The predicted molar refractivity (Wildman–Crippen MR) is 114 cm³/mol. The second kappa shape index (κ2) is 13.9. The van der Waals surface area contributed by atoms with Gasteiger partial charge >= 0.3 is 0 Å². The molecule has 2 amide bonds. The van der Waals surface area contributed by atoms with Crippen molar-refractivity contribution in [3.8, 4) is 11.5 Å². The highest BCUT2D eigenvalue weighted by atomic mass is 19.1.